The van der Waals surface area contributed by atoms with Crippen LogP contribution >= 0.6 is 0 Å². The van der Waals surface area contributed by atoms with Gasteiger partial charge in [0, 0.05) is 17.7 Å². The Morgan fingerprint density at radius 1 is 1.50 bits per heavy atom. The van der Waals surface area contributed by atoms with Gasteiger partial charge in [-0.3, -0.25) is 9.89 Å². The molecule has 2 N–H and O–H groups in total. The van der Waals surface area contributed by atoms with Crippen LogP contribution in [0.15, 0.2) is 30.5 Å². The summed E-state index contributed by atoms with van der Waals surface area (Å²) in [4.78, 5) is 10.6. The summed E-state index contributed by atoms with van der Waals surface area (Å²) in [6.45, 7) is 0. The van der Waals surface area contributed by atoms with E-state index in [4.69, 9.17) is 9.84 Å². The van der Waals surface area contributed by atoms with Crippen molar-refractivity contribution >= 4 is 5.97 Å². The van der Waals surface area contributed by atoms with Crippen LogP contribution in [-0.4, -0.2) is 28.4 Å². The number of aliphatic carboxylic acids is 1. The van der Waals surface area contributed by atoms with Gasteiger partial charge in [0.2, 0.25) is 0 Å². The Balaban J connectivity index is 2.27. The van der Waals surface area contributed by atoms with Gasteiger partial charge in [-0.05, 0) is 17.7 Å². The lowest BCUT2D eigenvalue weighted by atomic mass is 10.0. The van der Waals surface area contributed by atoms with Crippen LogP contribution in [0.25, 0.3) is 11.1 Å². The van der Waals surface area contributed by atoms with E-state index in [9.17, 15) is 4.79 Å². The Hall–Kier alpha value is -2.30. The molecule has 0 aliphatic rings. The summed E-state index contributed by atoms with van der Waals surface area (Å²) in [6, 6.07) is 7.59. The van der Waals surface area contributed by atoms with E-state index in [-0.39, 0.29) is 6.42 Å². The molecule has 2 rings (SSSR count). The van der Waals surface area contributed by atoms with E-state index in [1.54, 1.807) is 13.3 Å². The van der Waals surface area contributed by atoms with Crippen LogP contribution in [-0.2, 0) is 11.2 Å². The minimum atomic E-state index is -0.818. The van der Waals surface area contributed by atoms with Gasteiger partial charge in [0.25, 0.3) is 0 Å². The molecule has 0 aliphatic heterocycles. The molecule has 0 amide bonds. The molecule has 0 bridgehead atoms. The molecule has 2 aromatic rings. The molecule has 1 aromatic heterocycles. The maximum Gasteiger partial charge on any atom is 0.303 e. The Bertz CT molecular complexity index is 549. The smallest absolute Gasteiger partial charge is 0.303 e. The number of carbonyl (C=O) groups is 1. The molecule has 0 unspecified atom stereocenters. The third-order valence-electron chi connectivity index (χ3n) is 2.69. The summed E-state index contributed by atoms with van der Waals surface area (Å²) in [5.74, 6) is -0.0564. The van der Waals surface area contributed by atoms with E-state index in [1.165, 1.54) is 0 Å². The van der Waals surface area contributed by atoms with Crippen LogP contribution in [0.5, 0.6) is 5.75 Å². The van der Waals surface area contributed by atoms with Crippen molar-refractivity contribution in [1.29, 1.82) is 0 Å². The fourth-order valence-corrected chi connectivity index (χ4v) is 1.77. The Morgan fingerprint density at radius 2 is 2.33 bits per heavy atom. The third kappa shape index (κ3) is 2.68. The van der Waals surface area contributed by atoms with Crippen LogP contribution in [0.3, 0.4) is 0 Å². The number of hydrogen-bond donors (Lipinski definition) is 2. The lowest BCUT2D eigenvalue weighted by Gasteiger charge is -2.04. The number of aryl methyl sites for hydroxylation is 1. The van der Waals surface area contributed by atoms with Crippen molar-refractivity contribution < 1.29 is 14.6 Å². The Labute approximate surface area is 104 Å². The highest BCUT2D eigenvalue weighted by Crippen LogP contribution is 2.26. The molecule has 18 heavy (non-hydrogen) atoms. The van der Waals surface area contributed by atoms with Crippen LogP contribution in [0.4, 0.5) is 0 Å². The van der Waals surface area contributed by atoms with Crippen molar-refractivity contribution in [2.75, 3.05) is 7.11 Å². The van der Waals surface area contributed by atoms with Crippen molar-refractivity contribution in [2.24, 2.45) is 0 Å². The molecular weight excluding hydrogens is 232 g/mol. The summed E-state index contributed by atoms with van der Waals surface area (Å²) in [5.41, 5.74) is 2.70. The van der Waals surface area contributed by atoms with Gasteiger partial charge >= 0.3 is 5.97 Å². The zero-order chi connectivity index (χ0) is 13.0. The van der Waals surface area contributed by atoms with Crippen LogP contribution in [0, 0.1) is 0 Å². The first kappa shape index (κ1) is 12.2. The van der Waals surface area contributed by atoms with Gasteiger partial charge in [-0.25, -0.2) is 0 Å². The molecule has 0 aliphatic carbocycles. The monoisotopic (exact) mass is 246 g/mol. The van der Waals surface area contributed by atoms with E-state index in [0.29, 0.717) is 6.42 Å². The van der Waals surface area contributed by atoms with Crippen molar-refractivity contribution in [2.45, 2.75) is 12.8 Å². The summed E-state index contributed by atoms with van der Waals surface area (Å²) in [7, 11) is 1.61. The molecule has 5 nitrogen and oxygen atoms in total. The number of nitrogens with one attached hydrogen (secondary N) is 1. The Morgan fingerprint density at radius 3 is 3.06 bits per heavy atom. The number of benzene rings is 1. The van der Waals surface area contributed by atoms with Gasteiger partial charge in [0.15, 0.2) is 0 Å². The van der Waals surface area contributed by atoms with Crippen LogP contribution in [0.1, 0.15) is 12.1 Å². The number of rotatable bonds is 5. The summed E-state index contributed by atoms with van der Waals surface area (Å²) >= 11 is 0. The number of carboxylic acids is 1. The van der Waals surface area contributed by atoms with Crippen molar-refractivity contribution in [3.8, 4) is 16.9 Å². The maximum atomic E-state index is 10.6. The SMILES string of the molecule is COc1cccc(-c2cn[nH]c2CCC(=O)O)c1. The average molecular weight is 246 g/mol. The van der Waals surface area contributed by atoms with Crippen molar-refractivity contribution in [1.82, 2.24) is 10.2 Å². The molecule has 1 aromatic carbocycles. The summed E-state index contributed by atoms with van der Waals surface area (Å²) in [6.07, 6.45) is 2.22. The predicted molar refractivity (Wildman–Crippen MR) is 66.5 cm³/mol. The van der Waals surface area contributed by atoms with Crippen molar-refractivity contribution in [3.05, 3.63) is 36.2 Å². The molecular formula is C13H14N2O3. The van der Waals surface area contributed by atoms with Gasteiger partial charge in [-0.15, -0.1) is 0 Å². The number of H-pyrrole nitrogens is 1. The zero-order valence-electron chi connectivity index (χ0n) is 10.0. The van der Waals surface area contributed by atoms with Gasteiger partial charge in [0.05, 0.1) is 19.7 Å². The number of methoxy groups -OCH3 is 1. The molecule has 5 heteroatoms. The number of carboxylic acid groups (broad SMARTS) is 1. The van der Waals surface area contributed by atoms with Crippen LogP contribution < -0.4 is 4.74 Å². The lowest BCUT2D eigenvalue weighted by Crippen LogP contribution is -1.98. The number of aromatic nitrogens is 2. The maximum absolute atomic E-state index is 10.6. The van der Waals surface area contributed by atoms with Gasteiger partial charge in [0.1, 0.15) is 5.75 Å². The zero-order valence-corrected chi connectivity index (χ0v) is 10.0. The number of hydrogen-bond acceptors (Lipinski definition) is 3. The lowest BCUT2D eigenvalue weighted by molar-refractivity contribution is -0.136. The van der Waals surface area contributed by atoms with Crippen molar-refractivity contribution in [3.63, 3.8) is 0 Å². The number of nitrogens with zero attached hydrogens (tertiary/aromatic N) is 1. The molecule has 0 fully saturated rings. The fourth-order valence-electron chi connectivity index (χ4n) is 1.77. The molecule has 0 saturated heterocycles. The first-order valence-electron chi connectivity index (χ1n) is 5.59. The minimum absolute atomic E-state index is 0.0825. The average Bonchev–Trinajstić information content (AvgIpc) is 2.84. The fraction of sp³-hybridized carbons (Fsp3) is 0.231. The highest BCUT2D eigenvalue weighted by Gasteiger charge is 2.09. The quantitative estimate of drug-likeness (QED) is 0.847. The first-order valence-corrected chi connectivity index (χ1v) is 5.59. The van der Waals surface area contributed by atoms with E-state index in [2.05, 4.69) is 10.2 Å². The highest BCUT2D eigenvalue weighted by molar-refractivity contribution is 5.70. The topological polar surface area (TPSA) is 75.2 Å². The van der Waals surface area contributed by atoms with Gasteiger partial charge in [-0.2, -0.15) is 5.10 Å². The van der Waals surface area contributed by atoms with E-state index < -0.39 is 5.97 Å². The minimum Gasteiger partial charge on any atom is -0.497 e. The second kappa shape index (κ2) is 5.35. The number of aromatic amines is 1. The third-order valence-corrected chi connectivity index (χ3v) is 2.69. The molecule has 1 heterocycles. The molecule has 0 saturated carbocycles. The van der Waals surface area contributed by atoms with Gasteiger partial charge < -0.3 is 9.84 Å². The molecule has 0 spiro atoms. The molecule has 0 radical (unpaired) electrons. The first-order chi connectivity index (χ1) is 8.70. The molecule has 0 atom stereocenters. The largest absolute Gasteiger partial charge is 0.497 e. The van der Waals surface area contributed by atoms with Gasteiger partial charge in [-0.1, -0.05) is 12.1 Å². The number of ether oxygens (including phenoxy) is 1. The molecule has 94 valence electrons. The summed E-state index contributed by atoms with van der Waals surface area (Å²) < 4.78 is 5.17. The predicted octanol–water partition coefficient (Wildman–Crippen LogP) is 2.10. The van der Waals surface area contributed by atoms with Crippen LogP contribution in [0.2, 0.25) is 0 Å². The normalized spacial score (nSPS) is 10.3. The highest BCUT2D eigenvalue weighted by atomic mass is 16.5. The standard InChI is InChI=1S/C13H14N2O3/c1-18-10-4-2-3-9(7-10)11-8-14-15-12(11)5-6-13(16)17/h2-4,7-8H,5-6H2,1H3,(H,14,15)(H,16,17). The summed E-state index contributed by atoms with van der Waals surface area (Å²) in [5, 5.41) is 15.5. The Kier molecular flexibility index (Phi) is 3.62. The second-order valence-electron chi connectivity index (χ2n) is 3.89. The van der Waals surface area contributed by atoms with E-state index >= 15 is 0 Å². The second-order valence-corrected chi connectivity index (χ2v) is 3.89. The van der Waals surface area contributed by atoms with E-state index in [0.717, 1.165) is 22.6 Å². The van der Waals surface area contributed by atoms with E-state index in [1.807, 2.05) is 24.3 Å².